The van der Waals surface area contributed by atoms with E-state index in [2.05, 4.69) is 20.6 Å². The lowest BCUT2D eigenvalue weighted by molar-refractivity contribution is 0.0935. The first-order valence-electron chi connectivity index (χ1n) is 7.95. The third kappa shape index (κ3) is 4.69. The number of nitrogens with zero attached hydrogens (tertiary/aromatic N) is 4. The Bertz CT molecular complexity index is 832. The normalized spacial score (nSPS) is 11.9. The van der Waals surface area contributed by atoms with Gasteiger partial charge in [0.25, 0.3) is 5.91 Å². The molecule has 0 saturated carbocycles. The Morgan fingerprint density at radius 2 is 2.04 bits per heavy atom. The highest BCUT2D eigenvalue weighted by molar-refractivity contribution is 5.92. The molecule has 2 heterocycles. The summed E-state index contributed by atoms with van der Waals surface area (Å²) >= 11 is 0. The molecule has 3 rings (SSSR count). The summed E-state index contributed by atoms with van der Waals surface area (Å²) in [5.41, 5.74) is 2.03. The Morgan fingerprint density at radius 1 is 1.24 bits per heavy atom. The maximum Gasteiger partial charge on any atom is 0.273 e. The van der Waals surface area contributed by atoms with Crippen LogP contribution in [0.15, 0.2) is 54.9 Å². The Labute approximate surface area is 144 Å². The largest absolute Gasteiger partial charge is 0.348 e. The van der Waals surface area contributed by atoms with Gasteiger partial charge in [0.15, 0.2) is 5.69 Å². The average Bonchev–Trinajstić information content (AvgIpc) is 3.06. The molecule has 2 aromatic heterocycles. The molecule has 3 aromatic rings. The van der Waals surface area contributed by atoms with E-state index >= 15 is 0 Å². The Morgan fingerprint density at radius 3 is 2.76 bits per heavy atom. The summed E-state index contributed by atoms with van der Waals surface area (Å²) in [7, 11) is 0. The van der Waals surface area contributed by atoms with Gasteiger partial charge in [-0.2, -0.15) is 0 Å². The van der Waals surface area contributed by atoms with Gasteiger partial charge in [0.2, 0.25) is 0 Å². The zero-order chi connectivity index (χ0) is 17.6. The lowest BCUT2D eigenvalue weighted by Gasteiger charge is -2.12. The van der Waals surface area contributed by atoms with Gasteiger partial charge in [0.1, 0.15) is 5.82 Å². The van der Waals surface area contributed by atoms with Crippen LogP contribution in [0.25, 0.3) is 0 Å². The molecule has 0 radical (unpaired) electrons. The summed E-state index contributed by atoms with van der Waals surface area (Å²) in [6.07, 6.45) is 3.94. The fourth-order valence-electron chi connectivity index (χ4n) is 2.44. The lowest BCUT2D eigenvalue weighted by atomic mass is 10.1. The van der Waals surface area contributed by atoms with Gasteiger partial charge in [0.05, 0.1) is 12.7 Å². The van der Waals surface area contributed by atoms with Gasteiger partial charge in [-0.05, 0) is 36.8 Å². The van der Waals surface area contributed by atoms with Gasteiger partial charge in [-0.15, -0.1) is 5.10 Å². The Hall–Kier alpha value is -3.09. The standard InChI is InChI=1S/C18H18FN5O/c1-13(10-16-4-2-3-9-20-16)21-18(25)17-12-24(23-22-17)11-14-5-7-15(19)8-6-14/h2-9,12-13H,10-11H2,1H3,(H,21,25)/t13-/m0/s1. The average molecular weight is 339 g/mol. The maximum atomic E-state index is 12.9. The van der Waals surface area contributed by atoms with Crippen LogP contribution in [0.3, 0.4) is 0 Å². The minimum atomic E-state index is -0.288. The van der Waals surface area contributed by atoms with Crippen molar-refractivity contribution in [1.82, 2.24) is 25.3 Å². The van der Waals surface area contributed by atoms with Gasteiger partial charge >= 0.3 is 0 Å². The van der Waals surface area contributed by atoms with Crippen LogP contribution in [-0.4, -0.2) is 31.9 Å². The molecule has 1 aromatic carbocycles. The predicted octanol–water partition coefficient (Wildman–Crippen LogP) is 2.22. The molecule has 0 saturated heterocycles. The van der Waals surface area contributed by atoms with Crippen LogP contribution in [0, 0.1) is 5.82 Å². The van der Waals surface area contributed by atoms with Crippen LogP contribution < -0.4 is 5.32 Å². The first kappa shape index (κ1) is 16.8. The molecule has 25 heavy (non-hydrogen) atoms. The summed E-state index contributed by atoms with van der Waals surface area (Å²) in [6, 6.07) is 11.7. The molecule has 1 amide bonds. The fraction of sp³-hybridized carbons (Fsp3) is 0.222. The SMILES string of the molecule is C[C@@H](Cc1ccccn1)NC(=O)c1cn(Cc2ccc(F)cc2)nn1. The van der Waals surface area contributed by atoms with E-state index in [4.69, 9.17) is 0 Å². The summed E-state index contributed by atoms with van der Waals surface area (Å²) in [5.74, 6) is -0.571. The van der Waals surface area contributed by atoms with Crippen LogP contribution in [0.4, 0.5) is 4.39 Å². The first-order valence-corrected chi connectivity index (χ1v) is 7.95. The quantitative estimate of drug-likeness (QED) is 0.747. The molecule has 0 aliphatic heterocycles. The molecule has 0 fully saturated rings. The van der Waals surface area contributed by atoms with Gasteiger partial charge < -0.3 is 5.32 Å². The van der Waals surface area contributed by atoms with E-state index in [0.29, 0.717) is 13.0 Å². The van der Waals surface area contributed by atoms with E-state index in [-0.39, 0.29) is 23.5 Å². The second kappa shape index (κ2) is 7.65. The van der Waals surface area contributed by atoms with Gasteiger partial charge in [0, 0.05) is 24.4 Å². The number of benzene rings is 1. The molecular formula is C18H18FN5O. The highest BCUT2D eigenvalue weighted by atomic mass is 19.1. The van der Waals surface area contributed by atoms with Crippen molar-refractivity contribution in [2.45, 2.75) is 25.9 Å². The minimum absolute atomic E-state index is 0.0790. The molecule has 128 valence electrons. The third-order valence-electron chi connectivity index (χ3n) is 3.65. The number of hydrogen-bond acceptors (Lipinski definition) is 4. The van der Waals surface area contributed by atoms with Crippen LogP contribution in [0.1, 0.15) is 28.7 Å². The number of carbonyl (C=O) groups is 1. The van der Waals surface area contributed by atoms with E-state index in [1.807, 2.05) is 25.1 Å². The van der Waals surface area contributed by atoms with Crippen molar-refractivity contribution in [2.75, 3.05) is 0 Å². The van der Waals surface area contributed by atoms with E-state index in [1.54, 1.807) is 29.2 Å². The zero-order valence-electron chi connectivity index (χ0n) is 13.8. The van der Waals surface area contributed by atoms with Crippen molar-refractivity contribution >= 4 is 5.91 Å². The monoisotopic (exact) mass is 339 g/mol. The predicted molar refractivity (Wildman–Crippen MR) is 90.4 cm³/mol. The zero-order valence-corrected chi connectivity index (χ0v) is 13.8. The molecule has 0 unspecified atom stereocenters. The van der Waals surface area contributed by atoms with Crippen molar-refractivity contribution in [3.8, 4) is 0 Å². The maximum absolute atomic E-state index is 12.9. The molecule has 7 heteroatoms. The van der Waals surface area contributed by atoms with Crippen molar-refractivity contribution < 1.29 is 9.18 Å². The van der Waals surface area contributed by atoms with Crippen LogP contribution >= 0.6 is 0 Å². The van der Waals surface area contributed by atoms with E-state index < -0.39 is 0 Å². The number of carbonyl (C=O) groups excluding carboxylic acids is 1. The molecule has 1 atom stereocenters. The minimum Gasteiger partial charge on any atom is -0.348 e. The van der Waals surface area contributed by atoms with Crippen molar-refractivity contribution in [1.29, 1.82) is 0 Å². The molecular weight excluding hydrogens is 321 g/mol. The number of nitrogens with one attached hydrogen (secondary N) is 1. The van der Waals surface area contributed by atoms with Crippen molar-refractivity contribution in [3.63, 3.8) is 0 Å². The molecule has 0 bridgehead atoms. The highest BCUT2D eigenvalue weighted by Crippen LogP contribution is 2.06. The molecule has 6 nitrogen and oxygen atoms in total. The van der Waals surface area contributed by atoms with Crippen molar-refractivity contribution in [3.05, 3.63) is 77.6 Å². The first-order chi connectivity index (χ1) is 12.1. The van der Waals surface area contributed by atoms with Gasteiger partial charge in [-0.3, -0.25) is 9.78 Å². The van der Waals surface area contributed by atoms with Crippen molar-refractivity contribution in [2.24, 2.45) is 0 Å². The van der Waals surface area contributed by atoms with Crippen LogP contribution in [0.5, 0.6) is 0 Å². The second-order valence-electron chi connectivity index (χ2n) is 5.83. The van der Waals surface area contributed by atoms with E-state index in [1.165, 1.54) is 12.1 Å². The molecule has 0 aliphatic rings. The van der Waals surface area contributed by atoms with Crippen LogP contribution in [0.2, 0.25) is 0 Å². The summed E-state index contributed by atoms with van der Waals surface area (Å²) in [6.45, 7) is 2.33. The van der Waals surface area contributed by atoms with Crippen LogP contribution in [-0.2, 0) is 13.0 Å². The lowest BCUT2D eigenvalue weighted by Crippen LogP contribution is -2.34. The van der Waals surface area contributed by atoms with E-state index in [0.717, 1.165) is 11.3 Å². The Balaban J connectivity index is 1.57. The number of hydrogen-bond donors (Lipinski definition) is 1. The summed E-state index contributed by atoms with van der Waals surface area (Å²) in [4.78, 5) is 16.5. The number of rotatable bonds is 6. The number of halogens is 1. The highest BCUT2D eigenvalue weighted by Gasteiger charge is 2.14. The molecule has 0 aliphatic carbocycles. The van der Waals surface area contributed by atoms with Gasteiger partial charge in [-0.1, -0.05) is 23.4 Å². The number of aromatic nitrogens is 4. The molecule has 1 N–H and O–H groups in total. The second-order valence-corrected chi connectivity index (χ2v) is 5.83. The fourth-order valence-corrected chi connectivity index (χ4v) is 2.44. The Kier molecular flexibility index (Phi) is 5.13. The van der Waals surface area contributed by atoms with Gasteiger partial charge in [-0.25, -0.2) is 9.07 Å². The third-order valence-corrected chi connectivity index (χ3v) is 3.65. The van der Waals surface area contributed by atoms with E-state index in [9.17, 15) is 9.18 Å². The molecule has 0 spiro atoms. The number of amides is 1. The summed E-state index contributed by atoms with van der Waals surface area (Å²) < 4.78 is 14.5. The smallest absolute Gasteiger partial charge is 0.273 e. The topological polar surface area (TPSA) is 72.7 Å². The summed E-state index contributed by atoms with van der Waals surface area (Å²) in [5, 5.41) is 10.7. The number of pyridine rings is 1.